The number of nitrogens with zero attached hydrogens (tertiary/aromatic N) is 3. The SMILES string of the molecule is CC1=C2N=c3ccccc3=C2C(=O)N=C1c1c[nH]cn1.Cl. The Morgan fingerprint density at radius 1 is 1.14 bits per heavy atom. The molecule has 0 fully saturated rings. The Balaban J connectivity index is 0.00000132. The summed E-state index contributed by atoms with van der Waals surface area (Å²) < 4.78 is 0. The highest BCUT2D eigenvalue weighted by Gasteiger charge is 2.29. The van der Waals surface area contributed by atoms with Gasteiger partial charge in [-0.05, 0) is 13.0 Å². The van der Waals surface area contributed by atoms with E-state index in [2.05, 4.69) is 20.0 Å². The van der Waals surface area contributed by atoms with Crippen molar-refractivity contribution in [2.75, 3.05) is 0 Å². The minimum Gasteiger partial charge on any atom is -0.351 e. The Bertz CT molecular complexity index is 923. The van der Waals surface area contributed by atoms with E-state index >= 15 is 0 Å². The second-order valence-electron chi connectivity index (χ2n) is 4.70. The van der Waals surface area contributed by atoms with Crippen molar-refractivity contribution in [3.8, 4) is 0 Å². The molecule has 4 rings (SSSR count). The van der Waals surface area contributed by atoms with Crippen LogP contribution in [-0.2, 0) is 4.79 Å². The van der Waals surface area contributed by atoms with Crippen molar-refractivity contribution in [1.29, 1.82) is 0 Å². The van der Waals surface area contributed by atoms with Crippen molar-refractivity contribution in [2.24, 2.45) is 9.98 Å². The van der Waals surface area contributed by atoms with Gasteiger partial charge in [0, 0.05) is 17.0 Å². The molecule has 2 aromatic rings. The first kappa shape index (κ1) is 13.5. The number of rotatable bonds is 1. The molecule has 0 radical (unpaired) electrons. The number of aromatic nitrogens is 2. The summed E-state index contributed by atoms with van der Waals surface area (Å²) in [5.74, 6) is -0.252. The van der Waals surface area contributed by atoms with E-state index in [1.165, 1.54) is 0 Å². The summed E-state index contributed by atoms with van der Waals surface area (Å²) in [5.41, 5.74) is 3.43. The first-order valence-electron chi connectivity index (χ1n) is 6.27. The van der Waals surface area contributed by atoms with Crippen molar-refractivity contribution < 1.29 is 4.79 Å². The van der Waals surface area contributed by atoms with Crippen molar-refractivity contribution in [3.63, 3.8) is 0 Å². The number of dihydropyridines is 1. The molecule has 0 unspecified atom stereocenters. The van der Waals surface area contributed by atoms with Gasteiger partial charge in [0.05, 0.1) is 28.7 Å². The zero-order valence-corrected chi connectivity index (χ0v) is 11.9. The van der Waals surface area contributed by atoms with E-state index in [0.717, 1.165) is 16.1 Å². The third-order valence-electron chi connectivity index (χ3n) is 3.52. The summed E-state index contributed by atoms with van der Waals surface area (Å²) in [5, 5.41) is 1.68. The van der Waals surface area contributed by atoms with Crippen LogP contribution in [0, 0.1) is 0 Å². The van der Waals surface area contributed by atoms with Gasteiger partial charge in [-0.25, -0.2) is 15.0 Å². The topological polar surface area (TPSA) is 70.5 Å². The molecule has 21 heavy (non-hydrogen) atoms. The number of carbonyl (C=O) groups excluding carboxylic acids is 1. The number of hydrogen-bond acceptors (Lipinski definition) is 3. The Hall–Kier alpha value is -2.53. The zero-order valence-electron chi connectivity index (χ0n) is 11.1. The first-order chi connectivity index (χ1) is 9.75. The largest absolute Gasteiger partial charge is 0.351 e. The maximum absolute atomic E-state index is 12.3. The molecule has 5 nitrogen and oxygen atoms in total. The monoisotopic (exact) mass is 298 g/mol. The van der Waals surface area contributed by atoms with E-state index in [-0.39, 0.29) is 18.3 Å². The minimum absolute atomic E-state index is 0. The lowest BCUT2D eigenvalue weighted by Crippen LogP contribution is -2.25. The molecule has 0 spiro atoms. The number of amides is 1. The molecule has 0 saturated heterocycles. The molecule has 6 heteroatoms. The number of aliphatic imine (C=N–C) groups is 1. The van der Waals surface area contributed by atoms with Gasteiger partial charge >= 0.3 is 0 Å². The number of halogens is 1. The van der Waals surface area contributed by atoms with Gasteiger partial charge in [0.2, 0.25) is 0 Å². The number of para-hydroxylation sites is 1. The van der Waals surface area contributed by atoms with E-state index in [1.807, 2.05) is 31.2 Å². The molecule has 1 amide bonds. The van der Waals surface area contributed by atoms with Crippen LogP contribution < -0.4 is 10.6 Å². The fourth-order valence-corrected chi connectivity index (χ4v) is 2.57. The normalized spacial score (nSPS) is 16.0. The van der Waals surface area contributed by atoms with Gasteiger partial charge in [-0.1, -0.05) is 18.2 Å². The smallest absolute Gasteiger partial charge is 0.280 e. The summed E-state index contributed by atoms with van der Waals surface area (Å²) in [6.07, 6.45) is 3.29. The second-order valence-corrected chi connectivity index (χ2v) is 4.70. The number of aromatic amines is 1. The number of allylic oxidation sites excluding steroid dienone is 1. The summed E-state index contributed by atoms with van der Waals surface area (Å²) in [4.78, 5) is 28.1. The highest BCUT2D eigenvalue weighted by atomic mass is 35.5. The summed E-state index contributed by atoms with van der Waals surface area (Å²) in [6.45, 7) is 1.92. The van der Waals surface area contributed by atoms with Crippen LogP contribution in [0.15, 0.2) is 58.0 Å². The Morgan fingerprint density at radius 2 is 1.95 bits per heavy atom. The lowest BCUT2D eigenvalue weighted by Gasteiger charge is -2.13. The van der Waals surface area contributed by atoms with Gasteiger partial charge in [0.1, 0.15) is 5.69 Å². The molecule has 1 aromatic heterocycles. The predicted molar refractivity (Wildman–Crippen MR) is 80.7 cm³/mol. The molecule has 2 aliphatic rings. The second kappa shape index (κ2) is 4.79. The first-order valence-corrected chi connectivity index (χ1v) is 6.27. The number of imidazole rings is 1. The van der Waals surface area contributed by atoms with Gasteiger partial charge in [-0.15, -0.1) is 12.4 Å². The van der Waals surface area contributed by atoms with Crippen LogP contribution in [0.3, 0.4) is 0 Å². The summed E-state index contributed by atoms with van der Waals surface area (Å²) in [6, 6.07) is 7.62. The predicted octanol–water partition coefficient (Wildman–Crippen LogP) is 0.919. The van der Waals surface area contributed by atoms with Crippen molar-refractivity contribution >= 4 is 29.6 Å². The summed E-state index contributed by atoms with van der Waals surface area (Å²) >= 11 is 0. The Kier molecular flexibility index (Phi) is 3.07. The van der Waals surface area contributed by atoms with Gasteiger partial charge in [-0.2, -0.15) is 0 Å². The quantitative estimate of drug-likeness (QED) is 0.850. The molecule has 2 aliphatic heterocycles. The average molecular weight is 299 g/mol. The number of fused-ring (bicyclic) bond motifs is 2. The lowest BCUT2D eigenvalue weighted by molar-refractivity contribution is -0.112. The molecule has 0 saturated carbocycles. The fourth-order valence-electron chi connectivity index (χ4n) is 2.57. The van der Waals surface area contributed by atoms with Crippen LogP contribution in [0.5, 0.6) is 0 Å². The Labute approximate surface area is 126 Å². The number of carbonyl (C=O) groups is 1. The van der Waals surface area contributed by atoms with Crippen LogP contribution in [-0.4, -0.2) is 21.6 Å². The van der Waals surface area contributed by atoms with E-state index in [0.29, 0.717) is 22.7 Å². The van der Waals surface area contributed by atoms with Gasteiger partial charge in [-0.3, -0.25) is 4.79 Å². The molecule has 1 N–H and O–H groups in total. The minimum atomic E-state index is -0.252. The third-order valence-corrected chi connectivity index (χ3v) is 3.52. The molecule has 104 valence electrons. The number of nitrogens with one attached hydrogen (secondary N) is 1. The van der Waals surface area contributed by atoms with E-state index in [4.69, 9.17) is 0 Å². The van der Waals surface area contributed by atoms with Crippen LogP contribution in [0.1, 0.15) is 12.6 Å². The van der Waals surface area contributed by atoms with E-state index in [9.17, 15) is 4.79 Å². The Morgan fingerprint density at radius 3 is 2.71 bits per heavy atom. The molecule has 3 heterocycles. The van der Waals surface area contributed by atoms with Crippen molar-refractivity contribution in [2.45, 2.75) is 6.92 Å². The standard InChI is InChI=1S/C15H10N4O.ClH/c1-8-13(11-6-16-7-17-11)19-15(20)12-9-4-2-3-5-10(9)18-14(8)12;/h2-7H,1H3,(H,16,17);1H. The maximum Gasteiger partial charge on any atom is 0.280 e. The molecule has 0 aliphatic carbocycles. The van der Waals surface area contributed by atoms with Gasteiger partial charge in [0.15, 0.2) is 0 Å². The van der Waals surface area contributed by atoms with Crippen molar-refractivity contribution in [1.82, 2.24) is 9.97 Å². The van der Waals surface area contributed by atoms with E-state index < -0.39 is 0 Å². The third kappa shape index (κ3) is 1.86. The summed E-state index contributed by atoms with van der Waals surface area (Å²) in [7, 11) is 0. The molecule has 0 atom stereocenters. The zero-order chi connectivity index (χ0) is 13.7. The van der Waals surface area contributed by atoms with Crippen LogP contribution in [0.2, 0.25) is 0 Å². The molecule has 0 bridgehead atoms. The average Bonchev–Trinajstić information content (AvgIpc) is 3.09. The van der Waals surface area contributed by atoms with Gasteiger partial charge in [0.25, 0.3) is 5.91 Å². The molecular weight excluding hydrogens is 288 g/mol. The highest BCUT2D eigenvalue weighted by molar-refractivity contribution is 6.31. The fraction of sp³-hybridized carbons (Fsp3) is 0.0667. The van der Waals surface area contributed by atoms with E-state index in [1.54, 1.807) is 12.5 Å². The molecular formula is C15H11ClN4O. The lowest BCUT2D eigenvalue weighted by atomic mass is 9.98. The van der Waals surface area contributed by atoms with Crippen molar-refractivity contribution in [3.05, 3.63) is 64.3 Å². The molecule has 1 aromatic carbocycles. The number of hydrogen-bond donors (Lipinski definition) is 1. The maximum atomic E-state index is 12.3. The van der Waals surface area contributed by atoms with Gasteiger partial charge < -0.3 is 4.98 Å². The highest BCUT2D eigenvalue weighted by Crippen LogP contribution is 2.27. The van der Waals surface area contributed by atoms with Crippen LogP contribution in [0.25, 0.3) is 5.57 Å². The van der Waals surface area contributed by atoms with Crippen LogP contribution in [0.4, 0.5) is 0 Å². The van der Waals surface area contributed by atoms with Crippen LogP contribution >= 0.6 is 12.4 Å². The number of H-pyrrole nitrogens is 1. The number of benzene rings is 1.